The number of aromatic nitrogens is 1. The van der Waals surface area contributed by atoms with Gasteiger partial charge in [0, 0.05) is 32.4 Å². The number of hydrogen-bond acceptors (Lipinski definition) is 4. The Bertz CT molecular complexity index is 459. The van der Waals surface area contributed by atoms with Crippen LogP contribution < -0.4 is 15.5 Å². The molecule has 1 fully saturated rings. The molecule has 2 heterocycles. The van der Waals surface area contributed by atoms with E-state index in [-0.39, 0.29) is 6.03 Å². The lowest BCUT2D eigenvalue weighted by Crippen LogP contribution is -2.36. The van der Waals surface area contributed by atoms with Crippen LogP contribution in [-0.4, -0.2) is 41.9 Å². The van der Waals surface area contributed by atoms with Gasteiger partial charge in [-0.25, -0.2) is 9.78 Å². The number of hydrogen-bond donors (Lipinski definition) is 3. The molecule has 0 bridgehead atoms. The minimum Gasteiger partial charge on any atom is -0.393 e. The van der Waals surface area contributed by atoms with Crippen LogP contribution in [0.25, 0.3) is 0 Å². The molecule has 0 radical (unpaired) electrons. The summed E-state index contributed by atoms with van der Waals surface area (Å²) >= 11 is 0. The third-order valence-electron chi connectivity index (χ3n) is 3.54. The predicted molar refractivity (Wildman–Crippen MR) is 82.2 cm³/mol. The van der Waals surface area contributed by atoms with Crippen LogP contribution in [0.15, 0.2) is 18.3 Å². The molecule has 1 aromatic heterocycles. The molecular weight excluding hydrogens is 268 g/mol. The van der Waals surface area contributed by atoms with Crippen molar-refractivity contribution in [2.75, 3.05) is 24.5 Å². The van der Waals surface area contributed by atoms with E-state index in [9.17, 15) is 4.79 Å². The van der Waals surface area contributed by atoms with Gasteiger partial charge in [-0.2, -0.15) is 0 Å². The zero-order valence-electron chi connectivity index (χ0n) is 12.5. The Hall–Kier alpha value is -1.82. The van der Waals surface area contributed by atoms with Gasteiger partial charge in [0.15, 0.2) is 0 Å². The lowest BCUT2D eigenvalue weighted by atomic mass is 10.2. The largest absolute Gasteiger partial charge is 0.393 e. The molecule has 0 spiro atoms. The van der Waals surface area contributed by atoms with Crippen LogP contribution in [0, 0.1) is 0 Å². The number of urea groups is 1. The number of carbonyl (C=O) groups is 1. The molecule has 21 heavy (non-hydrogen) atoms. The van der Waals surface area contributed by atoms with Crippen LogP contribution in [0.5, 0.6) is 0 Å². The summed E-state index contributed by atoms with van der Waals surface area (Å²) in [5.41, 5.74) is 1.04. The van der Waals surface area contributed by atoms with E-state index in [2.05, 4.69) is 20.5 Å². The Kier molecular flexibility index (Phi) is 5.80. The maximum absolute atomic E-state index is 11.6. The fourth-order valence-corrected chi connectivity index (χ4v) is 2.33. The maximum Gasteiger partial charge on any atom is 0.315 e. The van der Waals surface area contributed by atoms with Crippen LogP contribution in [0.2, 0.25) is 0 Å². The van der Waals surface area contributed by atoms with Gasteiger partial charge in [0.25, 0.3) is 0 Å². The van der Waals surface area contributed by atoms with Crippen molar-refractivity contribution < 1.29 is 9.90 Å². The van der Waals surface area contributed by atoms with Gasteiger partial charge in [0.05, 0.1) is 6.10 Å². The first-order chi connectivity index (χ1) is 10.1. The molecule has 1 atom stereocenters. The van der Waals surface area contributed by atoms with Gasteiger partial charge in [-0.05, 0) is 43.9 Å². The third-order valence-corrected chi connectivity index (χ3v) is 3.54. The Balaban J connectivity index is 1.77. The second-order valence-electron chi connectivity index (χ2n) is 5.46. The summed E-state index contributed by atoms with van der Waals surface area (Å²) in [4.78, 5) is 18.3. The van der Waals surface area contributed by atoms with Gasteiger partial charge in [0.1, 0.15) is 5.82 Å². The highest BCUT2D eigenvalue weighted by atomic mass is 16.3. The van der Waals surface area contributed by atoms with Crippen molar-refractivity contribution in [1.82, 2.24) is 15.6 Å². The molecule has 6 heteroatoms. The molecule has 1 aliphatic heterocycles. The van der Waals surface area contributed by atoms with Gasteiger partial charge < -0.3 is 20.6 Å². The average molecular weight is 292 g/mol. The number of aliphatic hydroxyl groups excluding tert-OH is 1. The zero-order chi connectivity index (χ0) is 15.1. The van der Waals surface area contributed by atoms with E-state index in [1.165, 1.54) is 12.8 Å². The number of aliphatic hydroxyl groups is 1. The van der Waals surface area contributed by atoms with E-state index in [1.807, 2.05) is 12.1 Å². The van der Waals surface area contributed by atoms with Crippen molar-refractivity contribution in [3.63, 3.8) is 0 Å². The summed E-state index contributed by atoms with van der Waals surface area (Å²) in [6.07, 6.45) is 4.39. The number of carbonyl (C=O) groups excluding carboxylic acids is 1. The molecule has 1 unspecified atom stereocenters. The Labute approximate surface area is 125 Å². The van der Waals surface area contributed by atoms with Gasteiger partial charge in [0.2, 0.25) is 0 Å². The summed E-state index contributed by atoms with van der Waals surface area (Å²) in [6, 6.07) is 3.73. The first-order valence-corrected chi connectivity index (χ1v) is 7.55. The van der Waals surface area contributed by atoms with Crippen LogP contribution in [0.4, 0.5) is 10.6 Å². The summed E-state index contributed by atoms with van der Waals surface area (Å²) in [5, 5.41) is 14.7. The minimum atomic E-state index is -0.395. The van der Waals surface area contributed by atoms with E-state index in [0.717, 1.165) is 24.5 Å². The van der Waals surface area contributed by atoms with E-state index < -0.39 is 6.10 Å². The second kappa shape index (κ2) is 7.83. The maximum atomic E-state index is 11.6. The molecule has 2 amide bonds. The molecule has 6 nitrogen and oxygen atoms in total. The van der Waals surface area contributed by atoms with Crippen molar-refractivity contribution >= 4 is 11.8 Å². The van der Waals surface area contributed by atoms with Gasteiger partial charge in [-0.3, -0.25) is 0 Å². The topological polar surface area (TPSA) is 77.5 Å². The highest BCUT2D eigenvalue weighted by Crippen LogP contribution is 2.18. The number of nitrogens with one attached hydrogen (secondary N) is 2. The smallest absolute Gasteiger partial charge is 0.315 e. The average Bonchev–Trinajstić information content (AvgIpc) is 2.99. The number of nitrogens with zero attached hydrogens (tertiary/aromatic N) is 2. The standard InChI is InChI=1S/C15H24N4O2/c1-12(20)4-6-17-15(21)18-11-13-5-7-16-14(10-13)19-8-2-3-9-19/h5,7,10,12,20H,2-4,6,8-9,11H2,1H3,(H2,17,18,21). The summed E-state index contributed by atoms with van der Waals surface area (Å²) in [5.74, 6) is 0.987. The fraction of sp³-hybridized carbons (Fsp3) is 0.600. The second-order valence-corrected chi connectivity index (χ2v) is 5.46. The summed E-state index contributed by atoms with van der Waals surface area (Å²) in [7, 11) is 0. The van der Waals surface area contributed by atoms with E-state index in [1.54, 1.807) is 13.1 Å². The van der Waals surface area contributed by atoms with Gasteiger partial charge in [-0.15, -0.1) is 0 Å². The van der Waals surface area contributed by atoms with E-state index >= 15 is 0 Å². The highest BCUT2D eigenvalue weighted by molar-refractivity contribution is 5.73. The van der Waals surface area contributed by atoms with Crippen LogP contribution in [0.3, 0.4) is 0 Å². The molecule has 0 aliphatic carbocycles. The zero-order valence-corrected chi connectivity index (χ0v) is 12.5. The first-order valence-electron chi connectivity index (χ1n) is 7.55. The summed E-state index contributed by atoms with van der Waals surface area (Å²) < 4.78 is 0. The molecule has 1 aromatic rings. The van der Waals surface area contributed by atoms with Crippen molar-refractivity contribution in [3.05, 3.63) is 23.9 Å². The van der Waals surface area contributed by atoms with Crippen LogP contribution in [-0.2, 0) is 6.54 Å². The van der Waals surface area contributed by atoms with E-state index in [4.69, 9.17) is 5.11 Å². The fourth-order valence-electron chi connectivity index (χ4n) is 2.33. The number of pyridine rings is 1. The third kappa shape index (κ3) is 5.23. The first kappa shape index (κ1) is 15.6. The molecular formula is C15H24N4O2. The molecule has 0 saturated carbocycles. The molecule has 2 rings (SSSR count). The van der Waals surface area contributed by atoms with Gasteiger partial charge >= 0.3 is 6.03 Å². The lowest BCUT2D eigenvalue weighted by Gasteiger charge is -2.17. The Morgan fingerprint density at radius 3 is 2.90 bits per heavy atom. The monoisotopic (exact) mass is 292 g/mol. The Morgan fingerprint density at radius 1 is 1.43 bits per heavy atom. The molecule has 3 N–H and O–H groups in total. The van der Waals surface area contributed by atoms with Crippen molar-refractivity contribution in [1.29, 1.82) is 0 Å². The van der Waals surface area contributed by atoms with Crippen molar-refractivity contribution in [2.45, 2.75) is 38.8 Å². The molecule has 1 saturated heterocycles. The lowest BCUT2D eigenvalue weighted by molar-refractivity contribution is 0.183. The number of rotatable bonds is 6. The highest BCUT2D eigenvalue weighted by Gasteiger charge is 2.13. The quantitative estimate of drug-likeness (QED) is 0.737. The number of anilines is 1. The normalized spacial score (nSPS) is 15.8. The Morgan fingerprint density at radius 2 is 2.19 bits per heavy atom. The SMILES string of the molecule is CC(O)CCNC(=O)NCc1ccnc(N2CCCC2)c1. The van der Waals surface area contributed by atoms with Gasteiger partial charge in [-0.1, -0.05) is 0 Å². The molecule has 0 aromatic carbocycles. The molecule has 116 valence electrons. The van der Waals surface area contributed by atoms with Crippen molar-refractivity contribution in [3.8, 4) is 0 Å². The van der Waals surface area contributed by atoms with Crippen LogP contribution >= 0.6 is 0 Å². The molecule has 1 aliphatic rings. The number of amides is 2. The van der Waals surface area contributed by atoms with Crippen LogP contribution in [0.1, 0.15) is 31.7 Å². The minimum absolute atomic E-state index is 0.213. The summed E-state index contributed by atoms with van der Waals surface area (Å²) in [6.45, 7) is 4.77. The van der Waals surface area contributed by atoms with Crippen molar-refractivity contribution in [2.24, 2.45) is 0 Å². The van der Waals surface area contributed by atoms with E-state index in [0.29, 0.717) is 19.5 Å². The predicted octanol–water partition coefficient (Wildman–Crippen LogP) is 1.25.